The fraction of sp³-hybridized carbons (Fsp3) is 0.263. The Morgan fingerprint density at radius 2 is 1.96 bits per heavy atom. The van der Waals surface area contributed by atoms with Crippen molar-refractivity contribution in [1.82, 2.24) is 9.97 Å². The molecule has 0 aliphatic carbocycles. The molecule has 0 unspecified atom stereocenters. The van der Waals surface area contributed by atoms with Gasteiger partial charge in [0, 0.05) is 23.3 Å². The zero-order valence-electron chi connectivity index (χ0n) is 14.6. The Kier molecular flexibility index (Phi) is 4.46. The van der Waals surface area contributed by atoms with E-state index in [-0.39, 0.29) is 5.56 Å². The standard InChI is InChI=1S/C19H19N3O3S/c1-24-15-9-12-13(10-16(15)25-2)20-18(21-19(12)23)11-22-7-8-26-17-6-4-3-5-14(17)22/h3-6,9-10H,7-8,11H2,1-2H3,(H,20,21,23). The van der Waals surface area contributed by atoms with Crippen molar-refractivity contribution in [2.24, 2.45) is 0 Å². The second kappa shape index (κ2) is 6.92. The number of aromatic amines is 1. The molecule has 1 aromatic heterocycles. The number of fused-ring (bicyclic) bond motifs is 2. The van der Waals surface area contributed by atoms with E-state index in [1.807, 2.05) is 23.9 Å². The molecule has 6 nitrogen and oxygen atoms in total. The second-order valence-corrected chi connectivity index (χ2v) is 7.11. The number of H-pyrrole nitrogens is 1. The lowest BCUT2D eigenvalue weighted by atomic mass is 10.2. The van der Waals surface area contributed by atoms with Crippen molar-refractivity contribution < 1.29 is 9.47 Å². The second-order valence-electron chi connectivity index (χ2n) is 5.97. The molecule has 0 amide bonds. The summed E-state index contributed by atoms with van der Waals surface area (Å²) in [6, 6.07) is 11.7. The minimum Gasteiger partial charge on any atom is -0.493 e. The van der Waals surface area contributed by atoms with Crippen LogP contribution in [-0.4, -0.2) is 36.5 Å². The Balaban J connectivity index is 1.73. The third kappa shape index (κ3) is 2.99. The molecular formula is C19H19N3O3S. The maximum absolute atomic E-state index is 12.5. The Morgan fingerprint density at radius 3 is 2.77 bits per heavy atom. The normalized spacial score (nSPS) is 13.5. The van der Waals surface area contributed by atoms with Crippen molar-refractivity contribution in [3.8, 4) is 11.5 Å². The highest BCUT2D eigenvalue weighted by Crippen LogP contribution is 2.35. The van der Waals surface area contributed by atoms with E-state index in [0.29, 0.717) is 34.8 Å². The summed E-state index contributed by atoms with van der Waals surface area (Å²) in [4.78, 5) is 23.6. The van der Waals surface area contributed by atoms with Crippen molar-refractivity contribution in [1.29, 1.82) is 0 Å². The number of ether oxygens (including phenoxy) is 2. The number of nitrogens with one attached hydrogen (secondary N) is 1. The van der Waals surface area contributed by atoms with E-state index >= 15 is 0 Å². The molecule has 0 saturated heterocycles. The summed E-state index contributed by atoms with van der Waals surface area (Å²) in [6.07, 6.45) is 0. The van der Waals surface area contributed by atoms with Gasteiger partial charge in [-0.15, -0.1) is 11.8 Å². The fourth-order valence-electron chi connectivity index (χ4n) is 3.16. The molecule has 3 aromatic rings. The number of para-hydroxylation sites is 1. The van der Waals surface area contributed by atoms with Gasteiger partial charge in [-0.25, -0.2) is 4.98 Å². The van der Waals surface area contributed by atoms with Gasteiger partial charge in [-0.05, 0) is 18.2 Å². The summed E-state index contributed by atoms with van der Waals surface area (Å²) in [7, 11) is 3.12. The lowest BCUT2D eigenvalue weighted by Gasteiger charge is -2.30. The van der Waals surface area contributed by atoms with E-state index in [9.17, 15) is 4.79 Å². The molecule has 0 spiro atoms. The summed E-state index contributed by atoms with van der Waals surface area (Å²) in [6.45, 7) is 1.46. The topological polar surface area (TPSA) is 67.5 Å². The zero-order valence-corrected chi connectivity index (χ0v) is 15.4. The van der Waals surface area contributed by atoms with Crippen LogP contribution in [-0.2, 0) is 6.54 Å². The molecule has 0 fully saturated rings. The highest BCUT2D eigenvalue weighted by molar-refractivity contribution is 7.99. The van der Waals surface area contributed by atoms with Crippen molar-refractivity contribution in [2.45, 2.75) is 11.4 Å². The lowest BCUT2D eigenvalue weighted by molar-refractivity contribution is 0.355. The number of hydrogen-bond acceptors (Lipinski definition) is 6. The van der Waals surface area contributed by atoms with Crippen LogP contribution in [0.5, 0.6) is 11.5 Å². The molecule has 26 heavy (non-hydrogen) atoms. The first-order valence-electron chi connectivity index (χ1n) is 8.31. The summed E-state index contributed by atoms with van der Waals surface area (Å²) in [5.41, 5.74) is 1.60. The van der Waals surface area contributed by atoms with E-state index in [4.69, 9.17) is 9.47 Å². The molecular weight excluding hydrogens is 350 g/mol. The number of benzene rings is 2. The largest absolute Gasteiger partial charge is 0.493 e. The molecule has 4 rings (SSSR count). The van der Waals surface area contributed by atoms with Crippen molar-refractivity contribution >= 4 is 28.4 Å². The molecule has 7 heteroatoms. The predicted molar refractivity (Wildman–Crippen MR) is 104 cm³/mol. The minimum absolute atomic E-state index is 0.175. The smallest absolute Gasteiger partial charge is 0.258 e. The summed E-state index contributed by atoms with van der Waals surface area (Å²) in [5.74, 6) is 2.72. The molecule has 1 N–H and O–H groups in total. The molecule has 0 atom stereocenters. The lowest BCUT2D eigenvalue weighted by Crippen LogP contribution is -2.30. The molecule has 2 aromatic carbocycles. The van der Waals surface area contributed by atoms with E-state index < -0.39 is 0 Å². The minimum atomic E-state index is -0.175. The first-order valence-corrected chi connectivity index (χ1v) is 9.30. The van der Waals surface area contributed by atoms with Gasteiger partial charge in [0.1, 0.15) is 5.82 Å². The van der Waals surface area contributed by atoms with E-state index in [2.05, 4.69) is 27.0 Å². The Morgan fingerprint density at radius 1 is 1.19 bits per heavy atom. The third-order valence-electron chi connectivity index (χ3n) is 4.43. The number of hydrogen-bond donors (Lipinski definition) is 1. The quantitative estimate of drug-likeness (QED) is 0.762. The molecule has 134 valence electrons. The van der Waals surface area contributed by atoms with Crippen LogP contribution in [0, 0.1) is 0 Å². The van der Waals surface area contributed by atoms with Crippen LogP contribution >= 0.6 is 11.8 Å². The number of methoxy groups -OCH3 is 2. The molecule has 0 saturated carbocycles. The first kappa shape index (κ1) is 16.8. The third-order valence-corrected chi connectivity index (χ3v) is 5.47. The summed E-state index contributed by atoms with van der Waals surface area (Å²) >= 11 is 1.85. The Hall–Kier alpha value is -2.67. The van der Waals surface area contributed by atoms with Crippen LogP contribution in [0.15, 0.2) is 46.1 Å². The van der Waals surface area contributed by atoms with Crippen LogP contribution in [0.2, 0.25) is 0 Å². The van der Waals surface area contributed by atoms with Crippen LogP contribution < -0.4 is 19.9 Å². The Bertz CT molecular complexity index is 1020. The van der Waals surface area contributed by atoms with Crippen molar-refractivity contribution in [2.75, 3.05) is 31.4 Å². The Labute approximate surface area is 155 Å². The van der Waals surface area contributed by atoms with Gasteiger partial charge in [-0.1, -0.05) is 12.1 Å². The highest BCUT2D eigenvalue weighted by Gasteiger charge is 2.18. The van der Waals surface area contributed by atoms with Gasteiger partial charge < -0.3 is 19.4 Å². The predicted octanol–water partition coefficient (Wildman–Crippen LogP) is 3.05. The molecule has 1 aliphatic heterocycles. The summed E-state index contributed by atoms with van der Waals surface area (Å²) in [5, 5.41) is 0.487. The molecule has 0 bridgehead atoms. The number of nitrogens with zero attached hydrogens (tertiary/aromatic N) is 2. The average molecular weight is 369 g/mol. The maximum atomic E-state index is 12.5. The molecule has 2 heterocycles. The van der Waals surface area contributed by atoms with Gasteiger partial charge in [0.15, 0.2) is 11.5 Å². The average Bonchev–Trinajstić information content (AvgIpc) is 2.67. The van der Waals surface area contributed by atoms with Gasteiger partial charge >= 0.3 is 0 Å². The van der Waals surface area contributed by atoms with Crippen LogP contribution in [0.3, 0.4) is 0 Å². The van der Waals surface area contributed by atoms with Crippen LogP contribution in [0.4, 0.5) is 5.69 Å². The molecule has 1 aliphatic rings. The van der Waals surface area contributed by atoms with Gasteiger partial charge in [0.25, 0.3) is 5.56 Å². The fourth-order valence-corrected chi connectivity index (χ4v) is 4.21. The van der Waals surface area contributed by atoms with Gasteiger partial charge in [0.2, 0.25) is 0 Å². The van der Waals surface area contributed by atoms with E-state index in [1.165, 1.54) is 10.6 Å². The van der Waals surface area contributed by atoms with Gasteiger partial charge in [0.05, 0.1) is 37.4 Å². The first-order chi connectivity index (χ1) is 12.7. The van der Waals surface area contributed by atoms with Crippen molar-refractivity contribution in [3.05, 3.63) is 52.6 Å². The zero-order chi connectivity index (χ0) is 18.1. The highest BCUT2D eigenvalue weighted by atomic mass is 32.2. The van der Waals surface area contributed by atoms with Gasteiger partial charge in [-0.3, -0.25) is 4.79 Å². The monoisotopic (exact) mass is 369 g/mol. The SMILES string of the molecule is COc1cc2nc(CN3CCSc4ccccc43)[nH]c(=O)c2cc1OC. The van der Waals surface area contributed by atoms with Crippen molar-refractivity contribution in [3.63, 3.8) is 0 Å². The van der Waals surface area contributed by atoms with Crippen LogP contribution in [0.25, 0.3) is 10.9 Å². The number of anilines is 1. The number of aromatic nitrogens is 2. The molecule has 0 radical (unpaired) electrons. The van der Waals surface area contributed by atoms with E-state index in [0.717, 1.165) is 12.3 Å². The number of thioether (sulfide) groups is 1. The van der Waals surface area contributed by atoms with Gasteiger partial charge in [-0.2, -0.15) is 0 Å². The maximum Gasteiger partial charge on any atom is 0.258 e. The van der Waals surface area contributed by atoms with E-state index in [1.54, 1.807) is 26.4 Å². The number of rotatable bonds is 4. The summed E-state index contributed by atoms with van der Waals surface area (Å²) < 4.78 is 10.6. The van der Waals surface area contributed by atoms with Crippen LogP contribution in [0.1, 0.15) is 5.82 Å².